The van der Waals surface area contributed by atoms with Crippen LogP contribution in [-0.4, -0.2) is 38.0 Å². The Bertz CT molecular complexity index is 839. The Balaban J connectivity index is 1.56. The number of primary sulfonamides is 1. The highest BCUT2D eigenvalue weighted by Gasteiger charge is 2.17. The van der Waals surface area contributed by atoms with E-state index in [1.165, 1.54) is 25.0 Å². The van der Waals surface area contributed by atoms with Crippen LogP contribution in [0.5, 0.6) is 0 Å². The monoisotopic (exact) mass is 375 g/mol. The molecule has 1 saturated heterocycles. The lowest BCUT2D eigenvalue weighted by Crippen LogP contribution is -2.34. The molecule has 1 aromatic carbocycles. The number of anilines is 2. The van der Waals surface area contributed by atoms with E-state index < -0.39 is 10.0 Å². The number of piperidine rings is 1. The van der Waals surface area contributed by atoms with Gasteiger partial charge in [0, 0.05) is 25.7 Å². The van der Waals surface area contributed by atoms with Crippen LogP contribution in [-0.2, 0) is 16.4 Å². The van der Waals surface area contributed by atoms with Crippen LogP contribution < -0.4 is 15.4 Å². The summed E-state index contributed by atoms with van der Waals surface area (Å²) in [5.74, 6) is 2.45. The molecule has 7 nitrogen and oxygen atoms in total. The molecule has 3 rings (SSSR count). The number of rotatable bonds is 6. The molecule has 1 unspecified atom stereocenters. The number of nitrogens with two attached hydrogens (primary N) is 1. The maximum Gasteiger partial charge on any atom is 0.238 e. The van der Waals surface area contributed by atoms with E-state index in [2.05, 4.69) is 27.1 Å². The molecule has 3 N–H and O–H groups in total. The minimum absolute atomic E-state index is 0.130. The average Bonchev–Trinajstić information content (AvgIpc) is 2.62. The zero-order valence-electron chi connectivity index (χ0n) is 14.9. The molecule has 0 amide bonds. The van der Waals surface area contributed by atoms with Crippen molar-refractivity contribution in [2.75, 3.05) is 29.9 Å². The van der Waals surface area contributed by atoms with E-state index in [0.717, 1.165) is 36.7 Å². The van der Waals surface area contributed by atoms with Gasteiger partial charge in [-0.05, 0) is 42.9 Å². The Hall–Kier alpha value is -2.19. The zero-order chi connectivity index (χ0) is 18.6. The third-order valence-electron chi connectivity index (χ3n) is 4.61. The second-order valence-corrected chi connectivity index (χ2v) is 8.38. The fraction of sp³-hybridized carbons (Fsp3) is 0.444. The lowest BCUT2D eigenvalue weighted by molar-refractivity contribution is 0.444. The average molecular weight is 375 g/mol. The molecule has 140 valence electrons. The van der Waals surface area contributed by atoms with Crippen molar-refractivity contribution in [3.8, 4) is 0 Å². The Labute approximate surface area is 154 Å². The van der Waals surface area contributed by atoms with Gasteiger partial charge >= 0.3 is 0 Å². The van der Waals surface area contributed by atoms with Crippen LogP contribution in [0.3, 0.4) is 0 Å². The van der Waals surface area contributed by atoms with Gasteiger partial charge in [-0.1, -0.05) is 19.1 Å². The Kier molecular flexibility index (Phi) is 5.73. The lowest BCUT2D eigenvalue weighted by Gasteiger charge is -2.31. The Morgan fingerprint density at radius 2 is 2.04 bits per heavy atom. The van der Waals surface area contributed by atoms with Gasteiger partial charge in [-0.3, -0.25) is 0 Å². The molecular formula is C18H25N5O2S. The first-order chi connectivity index (χ1) is 12.4. The van der Waals surface area contributed by atoms with Gasteiger partial charge in [-0.25, -0.2) is 23.5 Å². The summed E-state index contributed by atoms with van der Waals surface area (Å²) in [6.07, 6.45) is 4.82. The summed E-state index contributed by atoms with van der Waals surface area (Å²) in [5, 5.41) is 8.42. The number of hydrogen-bond donors (Lipinski definition) is 2. The minimum atomic E-state index is -3.64. The Morgan fingerprint density at radius 3 is 2.73 bits per heavy atom. The van der Waals surface area contributed by atoms with Gasteiger partial charge in [0.05, 0.1) is 4.90 Å². The molecule has 1 aromatic heterocycles. The van der Waals surface area contributed by atoms with Gasteiger partial charge < -0.3 is 10.2 Å². The molecule has 8 heteroatoms. The normalized spacial score (nSPS) is 17.9. The molecule has 1 atom stereocenters. The molecule has 26 heavy (non-hydrogen) atoms. The summed E-state index contributed by atoms with van der Waals surface area (Å²) in [5.41, 5.74) is 1.03. The molecule has 1 aliphatic rings. The lowest BCUT2D eigenvalue weighted by atomic mass is 10.0. The van der Waals surface area contributed by atoms with Crippen molar-refractivity contribution in [1.29, 1.82) is 0 Å². The van der Waals surface area contributed by atoms with Gasteiger partial charge in [0.2, 0.25) is 10.0 Å². The highest BCUT2D eigenvalue weighted by molar-refractivity contribution is 7.89. The van der Waals surface area contributed by atoms with Crippen LogP contribution in [0.15, 0.2) is 41.6 Å². The van der Waals surface area contributed by atoms with Crippen molar-refractivity contribution in [3.05, 3.63) is 42.2 Å². The predicted octanol–water partition coefficient (Wildman–Crippen LogP) is 2.01. The summed E-state index contributed by atoms with van der Waals surface area (Å²) in [6.45, 7) is 5.04. The largest absolute Gasteiger partial charge is 0.370 e. The summed E-state index contributed by atoms with van der Waals surface area (Å²) in [4.78, 5) is 11.1. The second kappa shape index (κ2) is 8.01. The molecule has 0 spiro atoms. The fourth-order valence-corrected chi connectivity index (χ4v) is 3.71. The quantitative estimate of drug-likeness (QED) is 0.801. The first-order valence-corrected chi connectivity index (χ1v) is 10.4. The molecule has 0 saturated carbocycles. The first kappa shape index (κ1) is 18.6. The smallest absolute Gasteiger partial charge is 0.238 e. The maximum absolute atomic E-state index is 11.3. The van der Waals surface area contributed by atoms with Crippen LogP contribution in [0.1, 0.15) is 25.3 Å². The van der Waals surface area contributed by atoms with E-state index in [9.17, 15) is 8.42 Å². The number of nitrogens with zero attached hydrogens (tertiary/aromatic N) is 3. The second-order valence-electron chi connectivity index (χ2n) is 6.82. The van der Waals surface area contributed by atoms with Gasteiger partial charge in [0.15, 0.2) is 0 Å². The van der Waals surface area contributed by atoms with Crippen molar-refractivity contribution in [3.63, 3.8) is 0 Å². The summed E-state index contributed by atoms with van der Waals surface area (Å²) in [7, 11) is -3.64. The van der Waals surface area contributed by atoms with Crippen LogP contribution >= 0.6 is 0 Å². The minimum Gasteiger partial charge on any atom is -0.370 e. The molecule has 0 aliphatic carbocycles. The van der Waals surface area contributed by atoms with Gasteiger partial charge in [-0.15, -0.1) is 0 Å². The van der Waals surface area contributed by atoms with E-state index in [1.54, 1.807) is 18.5 Å². The van der Waals surface area contributed by atoms with Gasteiger partial charge in [0.25, 0.3) is 0 Å². The van der Waals surface area contributed by atoms with E-state index in [1.807, 2.05) is 6.07 Å². The van der Waals surface area contributed by atoms with Crippen molar-refractivity contribution in [2.45, 2.75) is 31.1 Å². The van der Waals surface area contributed by atoms with Crippen LogP contribution in [0.25, 0.3) is 0 Å². The molecular weight excluding hydrogens is 350 g/mol. The van der Waals surface area contributed by atoms with Gasteiger partial charge in [0.1, 0.15) is 18.0 Å². The number of nitrogens with one attached hydrogen (secondary N) is 1. The van der Waals surface area contributed by atoms with Gasteiger partial charge in [-0.2, -0.15) is 0 Å². The van der Waals surface area contributed by atoms with Crippen molar-refractivity contribution in [1.82, 2.24) is 9.97 Å². The van der Waals surface area contributed by atoms with Crippen molar-refractivity contribution >= 4 is 21.7 Å². The highest BCUT2D eigenvalue weighted by Crippen LogP contribution is 2.22. The fourth-order valence-electron chi connectivity index (χ4n) is 3.19. The Morgan fingerprint density at radius 1 is 1.27 bits per heavy atom. The number of benzene rings is 1. The van der Waals surface area contributed by atoms with E-state index >= 15 is 0 Å². The topological polar surface area (TPSA) is 101 Å². The number of hydrogen-bond acceptors (Lipinski definition) is 6. The SMILES string of the molecule is CC1CCCN(c2cc(NCCc3ccc(S(N)(=O)=O)cc3)ncn2)C1. The van der Waals surface area contributed by atoms with Crippen LogP contribution in [0.4, 0.5) is 11.6 Å². The third-order valence-corrected chi connectivity index (χ3v) is 5.53. The van der Waals surface area contributed by atoms with Crippen LogP contribution in [0.2, 0.25) is 0 Å². The van der Waals surface area contributed by atoms with E-state index in [4.69, 9.17) is 5.14 Å². The summed E-state index contributed by atoms with van der Waals surface area (Å²) >= 11 is 0. The van der Waals surface area contributed by atoms with Crippen molar-refractivity contribution in [2.24, 2.45) is 11.1 Å². The molecule has 1 fully saturated rings. The number of aromatic nitrogens is 2. The molecule has 0 bridgehead atoms. The molecule has 2 heterocycles. The van der Waals surface area contributed by atoms with Crippen LogP contribution in [0, 0.1) is 5.92 Å². The summed E-state index contributed by atoms with van der Waals surface area (Å²) in [6, 6.07) is 8.61. The highest BCUT2D eigenvalue weighted by atomic mass is 32.2. The first-order valence-electron chi connectivity index (χ1n) is 8.84. The third kappa shape index (κ3) is 4.92. The van der Waals surface area contributed by atoms with E-state index in [-0.39, 0.29) is 4.90 Å². The summed E-state index contributed by atoms with van der Waals surface area (Å²) < 4.78 is 22.5. The van der Waals surface area contributed by atoms with Crippen molar-refractivity contribution < 1.29 is 8.42 Å². The molecule has 2 aromatic rings. The standard InChI is InChI=1S/C18H25N5O2S/c1-14-3-2-10-23(12-14)18-11-17(21-13-22-18)20-9-8-15-4-6-16(7-5-15)26(19,24)25/h4-7,11,13-14H,2-3,8-10,12H2,1H3,(H2,19,24,25)(H,20,21,22). The van der Waals surface area contributed by atoms with E-state index in [0.29, 0.717) is 12.5 Å². The number of sulfonamides is 1. The predicted molar refractivity (Wildman–Crippen MR) is 103 cm³/mol. The zero-order valence-corrected chi connectivity index (χ0v) is 15.7. The molecule has 0 radical (unpaired) electrons. The maximum atomic E-state index is 11.3. The molecule has 1 aliphatic heterocycles.